The lowest BCUT2D eigenvalue weighted by molar-refractivity contribution is -0.123. The van der Waals surface area contributed by atoms with Crippen LogP contribution < -0.4 is 11.1 Å². The lowest BCUT2D eigenvalue weighted by Crippen LogP contribution is -2.46. The van der Waals surface area contributed by atoms with E-state index in [2.05, 4.69) is 17.4 Å². The summed E-state index contributed by atoms with van der Waals surface area (Å²) in [4.78, 5) is 11.9. The first-order valence-electron chi connectivity index (χ1n) is 6.32. The Hall–Kier alpha value is -1.39. The highest BCUT2D eigenvalue weighted by Gasteiger charge is 2.24. The maximum absolute atomic E-state index is 11.9. The van der Waals surface area contributed by atoms with Crippen LogP contribution in [0.1, 0.15) is 17.5 Å². The van der Waals surface area contributed by atoms with Crippen LogP contribution >= 0.6 is 0 Å². The van der Waals surface area contributed by atoms with Gasteiger partial charge in [0.15, 0.2) is 0 Å². The fourth-order valence-corrected chi connectivity index (χ4v) is 2.35. The van der Waals surface area contributed by atoms with Gasteiger partial charge in [0.1, 0.15) is 0 Å². The normalized spacial score (nSPS) is 16.3. The minimum absolute atomic E-state index is 0.0788. The SMILES string of the molecule is COCCC(N)C(=O)NC1Cc2ccccc2C1. The number of amides is 1. The molecule has 0 heterocycles. The third-order valence-corrected chi connectivity index (χ3v) is 3.37. The number of fused-ring (bicyclic) bond motifs is 1. The molecular weight excluding hydrogens is 228 g/mol. The molecular formula is C14H20N2O2. The van der Waals surface area contributed by atoms with Crippen molar-refractivity contribution < 1.29 is 9.53 Å². The smallest absolute Gasteiger partial charge is 0.237 e. The van der Waals surface area contributed by atoms with Crippen molar-refractivity contribution in [2.24, 2.45) is 5.73 Å². The molecule has 0 spiro atoms. The third kappa shape index (κ3) is 3.09. The van der Waals surface area contributed by atoms with Gasteiger partial charge in [0.05, 0.1) is 6.04 Å². The minimum Gasteiger partial charge on any atom is -0.385 e. The van der Waals surface area contributed by atoms with Gasteiger partial charge in [0.2, 0.25) is 5.91 Å². The first kappa shape index (κ1) is 13.1. The first-order chi connectivity index (χ1) is 8.70. The highest BCUT2D eigenvalue weighted by atomic mass is 16.5. The van der Waals surface area contributed by atoms with Crippen LogP contribution in [0.3, 0.4) is 0 Å². The highest BCUT2D eigenvalue weighted by Crippen LogP contribution is 2.21. The van der Waals surface area contributed by atoms with Crippen LogP contribution in [0.25, 0.3) is 0 Å². The Labute approximate surface area is 108 Å². The van der Waals surface area contributed by atoms with Crippen LogP contribution in [0.15, 0.2) is 24.3 Å². The predicted molar refractivity (Wildman–Crippen MR) is 70.2 cm³/mol. The van der Waals surface area contributed by atoms with Crippen LogP contribution in [-0.4, -0.2) is 31.7 Å². The van der Waals surface area contributed by atoms with Crippen molar-refractivity contribution in [2.75, 3.05) is 13.7 Å². The first-order valence-corrected chi connectivity index (χ1v) is 6.32. The Morgan fingerprint density at radius 2 is 2.06 bits per heavy atom. The third-order valence-electron chi connectivity index (χ3n) is 3.37. The number of methoxy groups -OCH3 is 1. The molecule has 0 radical (unpaired) electrons. The molecule has 1 unspecified atom stereocenters. The van der Waals surface area contributed by atoms with E-state index in [1.54, 1.807) is 7.11 Å². The molecule has 98 valence electrons. The molecule has 0 saturated heterocycles. The largest absolute Gasteiger partial charge is 0.385 e. The van der Waals surface area contributed by atoms with Gasteiger partial charge in [0, 0.05) is 19.8 Å². The van der Waals surface area contributed by atoms with E-state index in [0.717, 1.165) is 12.8 Å². The molecule has 1 aliphatic rings. The zero-order valence-electron chi connectivity index (χ0n) is 10.7. The summed E-state index contributed by atoms with van der Waals surface area (Å²) in [5.74, 6) is -0.0788. The zero-order valence-corrected chi connectivity index (χ0v) is 10.7. The highest BCUT2D eigenvalue weighted by molar-refractivity contribution is 5.81. The topological polar surface area (TPSA) is 64.3 Å². The van der Waals surface area contributed by atoms with E-state index >= 15 is 0 Å². The fraction of sp³-hybridized carbons (Fsp3) is 0.500. The molecule has 18 heavy (non-hydrogen) atoms. The summed E-state index contributed by atoms with van der Waals surface area (Å²) in [6.45, 7) is 0.513. The van der Waals surface area contributed by atoms with Gasteiger partial charge in [-0.2, -0.15) is 0 Å². The summed E-state index contributed by atoms with van der Waals surface area (Å²) < 4.78 is 4.92. The maximum atomic E-state index is 11.9. The Morgan fingerprint density at radius 1 is 1.44 bits per heavy atom. The Balaban J connectivity index is 1.84. The van der Waals surface area contributed by atoms with Crippen LogP contribution in [0.4, 0.5) is 0 Å². The molecule has 4 heteroatoms. The van der Waals surface area contributed by atoms with E-state index < -0.39 is 6.04 Å². The number of rotatable bonds is 5. The van der Waals surface area contributed by atoms with E-state index in [0.29, 0.717) is 13.0 Å². The molecule has 3 N–H and O–H groups in total. The molecule has 1 aromatic rings. The van der Waals surface area contributed by atoms with E-state index in [1.165, 1.54) is 11.1 Å². The molecule has 2 rings (SSSR count). The number of hydrogen-bond donors (Lipinski definition) is 2. The molecule has 0 fully saturated rings. The number of carbonyl (C=O) groups excluding carboxylic acids is 1. The summed E-state index contributed by atoms with van der Waals surface area (Å²) in [6, 6.07) is 8.01. The average Bonchev–Trinajstić information content (AvgIpc) is 2.77. The second-order valence-corrected chi connectivity index (χ2v) is 4.77. The van der Waals surface area contributed by atoms with E-state index in [1.807, 2.05) is 12.1 Å². The molecule has 1 aliphatic carbocycles. The van der Waals surface area contributed by atoms with Gasteiger partial charge in [-0.25, -0.2) is 0 Å². The van der Waals surface area contributed by atoms with Gasteiger partial charge in [-0.15, -0.1) is 0 Å². The Kier molecular flexibility index (Phi) is 4.33. The number of nitrogens with one attached hydrogen (secondary N) is 1. The predicted octanol–water partition coefficient (Wildman–Crippen LogP) is 0.634. The number of benzene rings is 1. The lowest BCUT2D eigenvalue weighted by Gasteiger charge is -2.16. The van der Waals surface area contributed by atoms with Gasteiger partial charge >= 0.3 is 0 Å². The van der Waals surface area contributed by atoms with Crippen molar-refractivity contribution in [1.82, 2.24) is 5.32 Å². The summed E-state index contributed by atoms with van der Waals surface area (Å²) in [6.07, 6.45) is 2.36. The summed E-state index contributed by atoms with van der Waals surface area (Å²) in [5.41, 5.74) is 8.45. The van der Waals surface area contributed by atoms with Gasteiger partial charge in [-0.1, -0.05) is 24.3 Å². The lowest BCUT2D eigenvalue weighted by atomic mass is 10.1. The second kappa shape index (κ2) is 5.98. The molecule has 1 atom stereocenters. The van der Waals surface area contributed by atoms with Crippen LogP contribution in [-0.2, 0) is 22.4 Å². The van der Waals surface area contributed by atoms with Gasteiger partial charge in [0.25, 0.3) is 0 Å². The van der Waals surface area contributed by atoms with Crippen molar-refractivity contribution in [3.8, 4) is 0 Å². The zero-order chi connectivity index (χ0) is 13.0. The Bertz CT molecular complexity index is 395. The number of hydrogen-bond acceptors (Lipinski definition) is 3. The van der Waals surface area contributed by atoms with E-state index in [-0.39, 0.29) is 11.9 Å². The molecule has 0 bridgehead atoms. The molecule has 1 aromatic carbocycles. The summed E-state index contributed by atoms with van der Waals surface area (Å²) >= 11 is 0. The molecule has 4 nitrogen and oxygen atoms in total. The van der Waals surface area contributed by atoms with E-state index in [4.69, 9.17) is 10.5 Å². The number of ether oxygens (including phenoxy) is 1. The fourth-order valence-electron chi connectivity index (χ4n) is 2.35. The van der Waals surface area contributed by atoms with Crippen molar-refractivity contribution in [3.63, 3.8) is 0 Å². The van der Waals surface area contributed by atoms with Crippen molar-refractivity contribution in [3.05, 3.63) is 35.4 Å². The van der Waals surface area contributed by atoms with Gasteiger partial charge in [-0.3, -0.25) is 4.79 Å². The number of nitrogens with two attached hydrogens (primary N) is 1. The van der Waals surface area contributed by atoms with Crippen LogP contribution in [0.5, 0.6) is 0 Å². The minimum atomic E-state index is -0.478. The number of carbonyl (C=O) groups is 1. The van der Waals surface area contributed by atoms with E-state index in [9.17, 15) is 4.79 Å². The standard InChI is InChI=1S/C14H20N2O2/c1-18-7-6-13(15)14(17)16-12-8-10-4-2-3-5-11(10)9-12/h2-5,12-13H,6-9,15H2,1H3,(H,16,17). The summed E-state index contributed by atoms with van der Waals surface area (Å²) in [5, 5.41) is 3.01. The van der Waals surface area contributed by atoms with Gasteiger partial charge < -0.3 is 15.8 Å². The quantitative estimate of drug-likeness (QED) is 0.803. The summed E-state index contributed by atoms with van der Waals surface area (Å²) in [7, 11) is 1.61. The molecule has 0 aromatic heterocycles. The molecule has 1 amide bonds. The van der Waals surface area contributed by atoms with Crippen LogP contribution in [0.2, 0.25) is 0 Å². The molecule has 0 aliphatic heterocycles. The van der Waals surface area contributed by atoms with Crippen molar-refractivity contribution in [2.45, 2.75) is 31.3 Å². The van der Waals surface area contributed by atoms with Gasteiger partial charge in [-0.05, 0) is 30.4 Å². The van der Waals surface area contributed by atoms with Crippen LogP contribution in [0, 0.1) is 0 Å². The van der Waals surface area contributed by atoms with Crippen molar-refractivity contribution >= 4 is 5.91 Å². The molecule has 0 saturated carbocycles. The second-order valence-electron chi connectivity index (χ2n) is 4.77. The Morgan fingerprint density at radius 3 is 2.61 bits per heavy atom. The average molecular weight is 248 g/mol. The maximum Gasteiger partial charge on any atom is 0.237 e. The van der Waals surface area contributed by atoms with Crippen molar-refractivity contribution in [1.29, 1.82) is 0 Å². The monoisotopic (exact) mass is 248 g/mol.